The fourth-order valence-corrected chi connectivity index (χ4v) is 3.12. The summed E-state index contributed by atoms with van der Waals surface area (Å²) in [5.41, 5.74) is 2.66. The Morgan fingerprint density at radius 1 is 1.08 bits per heavy atom. The van der Waals surface area contributed by atoms with Gasteiger partial charge in [-0.05, 0) is 50.2 Å². The van der Waals surface area contributed by atoms with Gasteiger partial charge in [0.05, 0.1) is 11.4 Å². The lowest BCUT2D eigenvalue weighted by molar-refractivity contribution is 0.101. The number of aryl methyl sites for hydroxylation is 1. The van der Waals surface area contributed by atoms with Crippen LogP contribution in [0.25, 0.3) is 10.7 Å². The summed E-state index contributed by atoms with van der Waals surface area (Å²) in [4.78, 5) is 33.0. The van der Waals surface area contributed by atoms with Crippen LogP contribution in [0.1, 0.15) is 32.6 Å². The second-order valence-electron chi connectivity index (χ2n) is 5.24. The Labute approximate surface area is 143 Å². The van der Waals surface area contributed by atoms with Crippen molar-refractivity contribution in [1.29, 1.82) is 0 Å². The van der Waals surface area contributed by atoms with Gasteiger partial charge in [0.25, 0.3) is 5.91 Å². The molecule has 2 heterocycles. The largest absolute Gasteiger partial charge is 0.321 e. The first-order chi connectivity index (χ1) is 11.5. The van der Waals surface area contributed by atoms with Crippen LogP contribution in [0, 0.1) is 6.92 Å². The highest BCUT2D eigenvalue weighted by Crippen LogP contribution is 2.27. The van der Waals surface area contributed by atoms with Gasteiger partial charge in [-0.25, -0.2) is 4.98 Å². The first kappa shape index (κ1) is 16.0. The molecule has 0 aliphatic carbocycles. The maximum Gasteiger partial charge on any atom is 0.267 e. The number of benzene rings is 1. The van der Waals surface area contributed by atoms with Crippen LogP contribution >= 0.6 is 11.3 Å². The third kappa shape index (κ3) is 3.38. The van der Waals surface area contributed by atoms with Gasteiger partial charge in [-0.2, -0.15) is 0 Å². The fourth-order valence-electron chi connectivity index (χ4n) is 2.18. The van der Waals surface area contributed by atoms with Crippen LogP contribution in [-0.2, 0) is 0 Å². The minimum absolute atomic E-state index is 0.00817. The summed E-state index contributed by atoms with van der Waals surface area (Å²) in [6, 6.07) is 12.4. The molecule has 120 valence electrons. The first-order valence-corrected chi connectivity index (χ1v) is 8.17. The molecular weight excluding hydrogens is 322 g/mol. The molecule has 24 heavy (non-hydrogen) atoms. The first-order valence-electron chi connectivity index (χ1n) is 7.36. The van der Waals surface area contributed by atoms with Crippen LogP contribution in [-0.4, -0.2) is 21.7 Å². The molecule has 1 aromatic carbocycles. The minimum atomic E-state index is -0.220. The Bertz CT molecular complexity index is 886. The average molecular weight is 337 g/mol. The zero-order valence-corrected chi connectivity index (χ0v) is 14.1. The van der Waals surface area contributed by atoms with Crippen LogP contribution in [0.2, 0.25) is 0 Å². The number of rotatable bonds is 4. The SMILES string of the molecule is CC(=O)c1ccc(NC(=O)c2sc(-c3ccccn3)nc2C)cc1. The highest BCUT2D eigenvalue weighted by molar-refractivity contribution is 7.17. The number of anilines is 1. The number of nitrogens with one attached hydrogen (secondary N) is 1. The number of pyridine rings is 1. The number of hydrogen-bond acceptors (Lipinski definition) is 5. The Morgan fingerprint density at radius 3 is 2.46 bits per heavy atom. The Morgan fingerprint density at radius 2 is 1.83 bits per heavy atom. The molecule has 0 fully saturated rings. The van der Waals surface area contributed by atoms with Crippen LogP contribution in [0.4, 0.5) is 5.69 Å². The van der Waals surface area contributed by atoms with Crippen molar-refractivity contribution < 1.29 is 9.59 Å². The Kier molecular flexibility index (Phi) is 4.48. The van der Waals surface area contributed by atoms with E-state index in [1.165, 1.54) is 18.3 Å². The number of hydrogen-bond donors (Lipinski definition) is 1. The van der Waals surface area contributed by atoms with Gasteiger partial charge in [0, 0.05) is 17.4 Å². The predicted octanol–water partition coefficient (Wildman–Crippen LogP) is 3.97. The summed E-state index contributed by atoms with van der Waals surface area (Å²) in [5.74, 6) is -0.228. The number of nitrogens with zero attached hydrogens (tertiary/aromatic N) is 2. The highest BCUT2D eigenvalue weighted by Gasteiger charge is 2.17. The summed E-state index contributed by atoms with van der Waals surface area (Å²) in [6.45, 7) is 3.31. The van der Waals surface area contributed by atoms with Crippen LogP contribution in [0.3, 0.4) is 0 Å². The van der Waals surface area contributed by atoms with Gasteiger partial charge in [0.1, 0.15) is 9.88 Å². The van der Waals surface area contributed by atoms with E-state index >= 15 is 0 Å². The second-order valence-corrected chi connectivity index (χ2v) is 6.24. The molecule has 1 amide bonds. The molecule has 0 aliphatic rings. The van der Waals surface area contributed by atoms with Crippen molar-refractivity contribution in [2.75, 3.05) is 5.32 Å². The summed E-state index contributed by atoms with van der Waals surface area (Å²) in [6.07, 6.45) is 1.70. The van der Waals surface area contributed by atoms with E-state index in [1.807, 2.05) is 18.2 Å². The van der Waals surface area contributed by atoms with Crippen molar-refractivity contribution in [3.05, 3.63) is 64.8 Å². The van der Waals surface area contributed by atoms with E-state index in [4.69, 9.17) is 0 Å². The zero-order chi connectivity index (χ0) is 17.1. The summed E-state index contributed by atoms with van der Waals surface area (Å²) < 4.78 is 0. The van der Waals surface area contributed by atoms with Gasteiger partial charge in [-0.3, -0.25) is 14.6 Å². The number of ketones is 1. The molecule has 6 heteroatoms. The number of aromatic nitrogens is 2. The lowest BCUT2D eigenvalue weighted by Crippen LogP contribution is -2.11. The summed E-state index contributed by atoms with van der Waals surface area (Å²) >= 11 is 1.31. The van der Waals surface area contributed by atoms with E-state index in [1.54, 1.807) is 37.4 Å². The molecule has 1 N–H and O–H groups in total. The van der Waals surface area contributed by atoms with Gasteiger partial charge < -0.3 is 5.32 Å². The molecule has 2 aromatic heterocycles. The molecule has 5 nitrogen and oxygen atoms in total. The highest BCUT2D eigenvalue weighted by atomic mass is 32.1. The second kappa shape index (κ2) is 6.72. The van der Waals surface area contributed by atoms with E-state index in [-0.39, 0.29) is 11.7 Å². The van der Waals surface area contributed by atoms with Crippen molar-refractivity contribution in [1.82, 2.24) is 9.97 Å². The van der Waals surface area contributed by atoms with E-state index in [2.05, 4.69) is 15.3 Å². The topological polar surface area (TPSA) is 72.0 Å². The third-order valence-corrected chi connectivity index (χ3v) is 4.61. The molecule has 0 unspecified atom stereocenters. The molecule has 3 rings (SSSR count). The molecular formula is C18H15N3O2S. The molecule has 0 radical (unpaired) electrons. The van der Waals surface area contributed by atoms with Gasteiger partial charge in [-0.1, -0.05) is 6.07 Å². The molecule has 0 aliphatic heterocycles. The number of Topliss-reactive ketones (excluding diaryl/α,β-unsaturated/α-hetero) is 1. The van der Waals surface area contributed by atoms with E-state index < -0.39 is 0 Å². The quantitative estimate of drug-likeness (QED) is 0.731. The van der Waals surface area contributed by atoms with Gasteiger partial charge in [-0.15, -0.1) is 11.3 Å². The Balaban J connectivity index is 1.80. The maximum atomic E-state index is 12.5. The third-order valence-electron chi connectivity index (χ3n) is 3.44. The average Bonchev–Trinajstić information content (AvgIpc) is 2.98. The molecule has 0 spiro atoms. The van der Waals surface area contributed by atoms with Crippen LogP contribution < -0.4 is 5.32 Å². The van der Waals surface area contributed by atoms with E-state index in [0.29, 0.717) is 26.8 Å². The van der Waals surface area contributed by atoms with Crippen molar-refractivity contribution in [2.45, 2.75) is 13.8 Å². The molecule has 0 saturated carbocycles. The normalized spacial score (nSPS) is 10.4. The molecule has 0 saturated heterocycles. The van der Waals surface area contributed by atoms with E-state index in [9.17, 15) is 9.59 Å². The fraction of sp³-hybridized carbons (Fsp3) is 0.111. The number of carbonyl (C=O) groups excluding carboxylic acids is 2. The maximum absolute atomic E-state index is 12.5. The lowest BCUT2D eigenvalue weighted by Gasteiger charge is -2.04. The van der Waals surface area contributed by atoms with Crippen LogP contribution in [0.15, 0.2) is 48.7 Å². The number of amides is 1. The molecule has 0 bridgehead atoms. The lowest BCUT2D eigenvalue weighted by atomic mass is 10.1. The van der Waals surface area contributed by atoms with Crippen molar-refractivity contribution in [3.63, 3.8) is 0 Å². The standard InChI is InChI=1S/C18H15N3O2S/c1-11-16(24-18(20-11)15-5-3-4-10-19-15)17(23)21-14-8-6-13(7-9-14)12(2)22/h3-10H,1-2H3,(H,21,23). The molecule has 3 aromatic rings. The van der Waals surface area contributed by atoms with Gasteiger partial charge in [0.15, 0.2) is 5.78 Å². The smallest absolute Gasteiger partial charge is 0.267 e. The van der Waals surface area contributed by atoms with Crippen molar-refractivity contribution >= 4 is 28.7 Å². The number of thiazole rings is 1. The van der Waals surface area contributed by atoms with Crippen LogP contribution in [0.5, 0.6) is 0 Å². The van der Waals surface area contributed by atoms with Gasteiger partial charge >= 0.3 is 0 Å². The van der Waals surface area contributed by atoms with Crippen molar-refractivity contribution in [3.8, 4) is 10.7 Å². The monoisotopic (exact) mass is 337 g/mol. The van der Waals surface area contributed by atoms with Crippen molar-refractivity contribution in [2.24, 2.45) is 0 Å². The van der Waals surface area contributed by atoms with Gasteiger partial charge in [0.2, 0.25) is 0 Å². The predicted molar refractivity (Wildman–Crippen MR) is 94.5 cm³/mol. The number of carbonyl (C=O) groups is 2. The zero-order valence-electron chi connectivity index (χ0n) is 13.2. The molecule has 0 atom stereocenters. The minimum Gasteiger partial charge on any atom is -0.321 e. The Hall–Kier alpha value is -2.86. The summed E-state index contributed by atoms with van der Waals surface area (Å²) in [7, 11) is 0. The summed E-state index contributed by atoms with van der Waals surface area (Å²) in [5, 5.41) is 3.54. The van der Waals surface area contributed by atoms with E-state index in [0.717, 1.165) is 5.69 Å².